The van der Waals surface area contributed by atoms with Gasteiger partial charge >= 0.3 is 0 Å². The molecule has 1 saturated heterocycles. The quantitative estimate of drug-likeness (QED) is 0.321. The van der Waals surface area contributed by atoms with Crippen LogP contribution in [-0.2, 0) is 16.2 Å². The Morgan fingerprint density at radius 1 is 1.21 bits per heavy atom. The van der Waals surface area contributed by atoms with Crippen molar-refractivity contribution in [3.05, 3.63) is 70.1 Å². The maximum Gasteiger partial charge on any atom is 0.266 e. The number of nitrogens with one attached hydrogen (secondary N) is 1. The van der Waals surface area contributed by atoms with E-state index in [1.807, 2.05) is 0 Å². The molecule has 3 rings (SSSR count). The van der Waals surface area contributed by atoms with Gasteiger partial charge in [-0.3, -0.25) is 19.8 Å². The Labute approximate surface area is 176 Å². The molecule has 0 atom stereocenters. The average molecular weight is 437 g/mol. The number of carbonyl (C=O) groups is 2. The molecule has 2 amide bonds. The van der Waals surface area contributed by atoms with Gasteiger partial charge in [-0.15, -0.1) is 6.58 Å². The highest BCUT2D eigenvalue weighted by molar-refractivity contribution is 7.80. The fourth-order valence-electron chi connectivity index (χ4n) is 2.40. The van der Waals surface area contributed by atoms with E-state index >= 15 is 0 Å². The number of rotatable bonds is 6. The molecule has 0 unspecified atom stereocenters. The summed E-state index contributed by atoms with van der Waals surface area (Å²) in [6.07, 6.45) is 2.88. The molecule has 1 aliphatic heterocycles. The van der Waals surface area contributed by atoms with Crippen molar-refractivity contribution in [3.8, 4) is 5.75 Å². The number of halogens is 2. The zero-order valence-electron chi connectivity index (χ0n) is 14.4. The van der Waals surface area contributed by atoms with Crippen molar-refractivity contribution in [2.75, 3.05) is 6.54 Å². The van der Waals surface area contributed by atoms with Crippen molar-refractivity contribution < 1.29 is 18.7 Å². The molecule has 1 aromatic heterocycles. The maximum absolute atomic E-state index is 12.5. The van der Waals surface area contributed by atoms with Gasteiger partial charge in [0.05, 0.1) is 10.0 Å². The molecule has 144 valence electrons. The van der Waals surface area contributed by atoms with E-state index in [1.165, 1.54) is 17.1 Å². The Kier molecular flexibility index (Phi) is 6.18. The molecule has 0 spiro atoms. The van der Waals surface area contributed by atoms with Crippen molar-refractivity contribution in [2.45, 2.75) is 6.61 Å². The zero-order valence-corrected chi connectivity index (χ0v) is 16.7. The lowest BCUT2D eigenvalue weighted by Gasteiger charge is -2.27. The number of nitrogens with zero attached hydrogens (tertiary/aromatic N) is 1. The van der Waals surface area contributed by atoms with Gasteiger partial charge < -0.3 is 9.15 Å². The lowest BCUT2D eigenvalue weighted by molar-refractivity contribution is -0.128. The minimum absolute atomic E-state index is 0.0437. The first-order valence-corrected chi connectivity index (χ1v) is 9.22. The van der Waals surface area contributed by atoms with Crippen LogP contribution in [0.5, 0.6) is 5.75 Å². The number of hydrogen-bond donors (Lipinski definition) is 1. The predicted octanol–water partition coefficient (Wildman–Crippen LogP) is 3.98. The highest BCUT2D eigenvalue weighted by Crippen LogP contribution is 2.27. The van der Waals surface area contributed by atoms with Crippen LogP contribution in [0.2, 0.25) is 10.0 Å². The van der Waals surface area contributed by atoms with E-state index < -0.39 is 11.8 Å². The van der Waals surface area contributed by atoms with Crippen LogP contribution < -0.4 is 10.1 Å². The van der Waals surface area contributed by atoms with Crippen LogP contribution in [-0.4, -0.2) is 28.4 Å². The van der Waals surface area contributed by atoms with E-state index in [9.17, 15) is 9.59 Å². The first-order chi connectivity index (χ1) is 13.4. The Bertz CT molecular complexity index is 1000. The first kappa shape index (κ1) is 20.1. The first-order valence-electron chi connectivity index (χ1n) is 8.05. The van der Waals surface area contributed by atoms with E-state index in [1.54, 1.807) is 30.3 Å². The molecule has 1 aromatic carbocycles. The van der Waals surface area contributed by atoms with Gasteiger partial charge in [0.2, 0.25) is 0 Å². The number of amides is 2. The van der Waals surface area contributed by atoms with Gasteiger partial charge in [-0.25, -0.2) is 0 Å². The number of carbonyl (C=O) groups excluding carboxylic acids is 2. The van der Waals surface area contributed by atoms with Crippen LogP contribution >= 0.6 is 35.4 Å². The maximum atomic E-state index is 12.5. The van der Waals surface area contributed by atoms with Crippen molar-refractivity contribution in [2.24, 2.45) is 0 Å². The van der Waals surface area contributed by atoms with E-state index in [-0.39, 0.29) is 23.8 Å². The van der Waals surface area contributed by atoms with Crippen molar-refractivity contribution in [3.63, 3.8) is 0 Å². The summed E-state index contributed by atoms with van der Waals surface area (Å²) in [5.74, 6) is 0.262. The van der Waals surface area contributed by atoms with E-state index in [0.717, 1.165) is 0 Å². The highest BCUT2D eigenvalue weighted by Gasteiger charge is 2.32. The van der Waals surface area contributed by atoms with Crippen LogP contribution in [0, 0.1) is 0 Å². The third-order valence-electron chi connectivity index (χ3n) is 3.74. The second-order valence-electron chi connectivity index (χ2n) is 5.69. The summed E-state index contributed by atoms with van der Waals surface area (Å²) < 4.78 is 11.2. The number of benzene rings is 1. The number of ether oxygens (including phenoxy) is 1. The topological polar surface area (TPSA) is 71.8 Å². The fraction of sp³-hybridized carbons (Fsp3) is 0.105. The van der Waals surface area contributed by atoms with Gasteiger partial charge in [0, 0.05) is 12.6 Å². The van der Waals surface area contributed by atoms with Crippen molar-refractivity contribution >= 4 is 58.4 Å². The monoisotopic (exact) mass is 436 g/mol. The van der Waals surface area contributed by atoms with E-state index in [0.29, 0.717) is 27.3 Å². The van der Waals surface area contributed by atoms with Gasteiger partial charge in [0.25, 0.3) is 11.8 Å². The van der Waals surface area contributed by atoms with Gasteiger partial charge in [-0.05, 0) is 42.6 Å². The van der Waals surface area contributed by atoms with Gasteiger partial charge in [0.1, 0.15) is 29.4 Å². The molecule has 0 aliphatic carbocycles. The molecule has 9 heteroatoms. The highest BCUT2D eigenvalue weighted by atomic mass is 35.5. The number of furan rings is 1. The average Bonchev–Trinajstić information content (AvgIpc) is 3.11. The molecule has 2 aromatic rings. The summed E-state index contributed by atoms with van der Waals surface area (Å²) in [6.45, 7) is 3.90. The molecule has 2 heterocycles. The number of hydrogen-bond acceptors (Lipinski definition) is 5. The molecular formula is C19H14Cl2N2O4S. The van der Waals surface area contributed by atoms with Crippen LogP contribution in [0.25, 0.3) is 6.08 Å². The molecule has 1 fully saturated rings. The summed E-state index contributed by atoms with van der Waals surface area (Å²) in [5, 5.41) is 3.33. The smallest absolute Gasteiger partial charge is 0.266 e. The second kappa shape index (κ2) is 8.60. The normalized spacial score (nSPS) is 15.7. The lowest BCUT2D eigenvalue weighted by Crippen LogP contribution is -2.53. The van der Waals surface area contributed by atoms with Crippen molar-refractivity contribution in [1.29, 1.82) is 0 Å². The molecule has 28 heavy (non-hydrogen) atoms. The molecular weight excluding hydrogens is 423 g/mol. The molecule has 1 aliphatic rings. The van der Waals surface area contributed by atoms with Crippen LogP contribution in [0.1, 0.15) is 11.5 Å². The Morgan fingerprint density at radius 2 is 2.00 bits per heavy atom. The SMILES string of the molecule is C=CCN1C(=O)/C(=C/c2ccc(COc3ccc(Cl)c(Cl)c3)o2)C(=O)NC1=S. The fourth-order valence-corrected chi connectivity index (χ4v) is 2.94. The predicted molar refractivity (Wildman–Crippen MR) is 110 cm³/mol. The Morgan fingerprint density at radius 3 is 2.71 bits per heavy atom. The summed E-state index contributed by atoms with van der Waals surface area (Å²) in [4.78, 5) is 25.8. The molecule has 6 nitrogen and oxygen atoms in total. The zero-order chi connectivity index (χ0) is 20.3. The summed E-state index contributed by atoms with van der Waals surface area (Å²) in [5.41, 5.74) is -0.0817. The van der Waals surface area contributed by atoms with Crippen LogP contribution in [0.3, 0.4) is 0 Å². The van der Waals surface area contributed by atoms with Crippen LogP contribution in [0.4, 0.5) is 0 Å². The second-order valence-corrected chi connectivity index (χ2v) is 6.89. The molecule has 0 bridgehead atoms. The minimum atomic E-state index is -0.583. The van der Waals surface area contributed by atoms with Gasteiger partial charge in [-0.1, -0.05) is 29.3 Å². The van der Waals surface area contributed by atoms with E-state index in [4.69, 9.17) is 44.6 Å². The standard InChI is InChI=1S/C19H14Cl2N2O4S/c1-2-7-23-18(25)14(17(24)22-19(23)28)8-12-3-4-13(27-12)10-26-11-5-6-15(20)16(21)9-11/h2-6,8-9H,1,7,10H2,(H,22,24,28)/b14-8+. The number of thiocarbonyl (C=S) groups is 1. The molecule has 1 N–H and O–H groups in total. The molecule has 0 radical (unpaired) electrons. The van der Waals surface area contributed by atoms with Crippen molar-refractivity contribution in [1.82, 2.24) is 10.2 Å². The summed E-state index contributed by atoms with van der Waals surface area (Å²) >= 11 is 16.8. The Balaban J connectivity index is 1.72. The summed E-state index contributed by atoms with van der Waals surface area (Å²) in [6, 6.07) is 8.22. The van der Waals surface area contributed by atoms with Gasteiger partial charge in [0.15, 0.2) is 5.11 Å². The largest absolute Gasteiger partial charge is 0.486 e. The molecule has 0 saturated carbocycles. The van der Waals surface area contributed by atoms with Crippen LogP contribution in [0.15, 0.2) is 53.0 Å². The lowest BCUT2D eigenvalue weighted by atomic mass is 10.1. The Hall–Kier alpha value is -2.61. The third-order valence-corrected chi connectivity index (χ3v) is 4.80. The minimum Gasteiger partial charge on any atom is -0.486 e. The van der Waals surface area contributed by atoms with Gasteiger partial charge in [-0.2, -0.15) is 0 Å². The summed E-state index contributed by atoms with van der Waals surface area (Å²) in [7, 11) is 0. The third kappa shape index (κ3) is 4.44. The van der Waals surface area contributed by atoms with E-state index in [2.05, 4.69) is 11.9 Å².